The third kappa shape index (κ3) is 1.24. The summed E-state index contributed by atoms with van der Waals surface area (Å²) in [7, 11) is 2.03. The van der Waals surface area contributed by atoms with Gasteiger partial charge in [-0.05, 0) is 79.4 Å². The quantitative estimate of drug-likeness (QED) is 0.892. The summed E-state index contributed by atoms with van der Waals surface area (Å²) in [5, 5.41) is 20.2. The lowest BCUT2D eigenvalue weighted by molar-refractivity contribution is -0.129. The lowest BCUT2D eigenvalue weighted by atomic mass is 9.56. The minimum atomic E-state index is -0.398. The van der Waals surface area contributed by atoms with E-state index >= 15 is 0 Å². The van der Waals surface area contributed by atoms with Gasteiger partial charge in [0.2, 0.25) is 0 Å². The summed E-state index contributed by atoms with van der Waals surface area (Å²) in [6.07, 6.45) is 8.62. The second kappa shape index (κ2) is 3.93. The molecule has 4 nitrogen and oxygen atoms in total. The van der Waals surface area contributed by atoms with Gasteiger partial charge in [0.05, 0.1) is 11.3 Å². The van der Waals surface area contributed by atoms with Crippen LogP contribution in [0.15, 0.2) is 6.20 Å². The van der Waals surface area contributed by atoms with Crippen LogP contribution in [-0.2, 0) is 13.5 Å². The molecule has 1 heterocycles. The Kier molecular flexibility index (Phi) is 2.19. The highest BCUT2D eigenvalue weighted by molar-refractivity contribution is 5.33. The SMILES string of the molecule is Cn1cc2c(n1)CCCC2NCC1(O)C2C3CC4C5C3CC2C5C41. The van der Waals surface area contributed by atoms with Crippen LogP contribution in [0.25, 0.3) is 0 Å². The van der Waals surface area contributed by atoms with Gasteiger partial charge in [0.15, 0.2) is 0 Å². The maximum atomic E-state index is 11.8. The molecule has 2 N–H and O–H groups in total. The molecular weight excluding hydrogens is 298 g/mol. The molecule has 128 valence electrons. The number of rotatable bonds is 3. The Morgan fingerprint density at radius 3 is 2.96 bits per heavy atom. The molecule has 24 heavy (non-hydrogen) atoms. The third-order valence-corrected chi connectivity index (χ3v) is 9.37. The number of fused-ring (bicyclic) bond motifs is 3. The highest BCUT2D eigenvalue weighted by Gasteiger charge is 2.84. The average Bonchev–Trinajstić information content (AvgIpc) is 3.18. The summed E-state index contributed by atoms with van der Waals surface area (Å²) in [6, 6.07) is 0.397. The Morgan fingerprint density at radius 1 is 1.21 bits per heavy atom. The van der Waals surface area contributed by atoms with Gasteiger partial charge in [0.1, 0.15) is 0 Å². The summed E-state index contributed by atoms with van der Waals surface area (Å²) in [4.78, 5) is 0. The lowest BCUT2D eigenvalue weighted by Crippen LogP contribution is -2.58. The standard InChI is InChI=1S/C20H27N3O/c1-23-7-13-14(3-2-4-15(13)22-23)21-8-20(24)18-10-6-11-16-9(10)5-12(18)17(16)19(11)20/h7,9-12,14,16-19,21,24H,2-6,8H2,1H3. The van der Waals surface area contributed by atoms with E-state index in [1.54, 1.807) is 0 Å². The molecule has 5 fully saturated rings. The van der Waals surface area contributed by atoms with Gasteiger partial charge in [-0.3, -0.25) is 4.68 Å². The van der Waals surface area contributed by atoms with Crippen LogP contribution in [0.2, 0.25) is 0 Å². The average molecular weight is 325 g/mol. The minimum Gasteiger partial charge on any atom is -0.388 e. The first kappa shape index (κ1) is 13.3. The van der Waals surface area contributed by atoms with Crippen molar-refractivity contribution in [3.8, 4) is 0 Å². The Balaban J connectivity index is 1.18. The summed E-state index contributed by atoms with van der Waals surface area (Å²) < 4.78 is 1.96. The van der Waals surface area contributed by atoms with Crippen molar-refractivity contribution in [3.63, 3.8) is 0 Å². The summed E-state index contributed by atoms with van der Waals surface area (Å²) in [5.41, 5.74) is 2.26. The molecule has 10 unspecified atom stereocenters. The van der Waals surface area contributed by atoms with E-state index in [1.807, 2.05) is 11.7 Å². The number of aliphatic hydroxyl groups is 1. The fraction of sp³-hybridized carbons (Fsp3) is 0.850. The van der Waals surface area contributed by atoms with E-state index in [-0.39, 0.29) is 0 Å². The van der Waals surface area contributed by atoms with Crippen molar-refractivity contribution in [3.05, 3.63) is 17.5 Å². The van der Waals surface area contributed by atoms with Gasteiger partial charge in [0, 0.05) is 31.4 Å². The van der Waals surface area contributed by atoms with Gasteiger partial charge in [-0.15, -0.1) is 0 Å². The molecule has 6 aliphatic rings. The number of nitrogens with zero attached hydrogens (tertiary/aromatic N) is 2. The molecule has 7 rings (SSSR count). The second-order valence-electron chi connectivity index (χ2n) is 9.85. The number of hydrogen-bond acceptors (Lipinski definition) is 3. The molecule has 6 aliphatic carbocycles. The van der Waals surface area contributed by atoms with Gasteiger partial charge in [-0.1, -0.05) is 0 Å². The maximum absolute atomic E-state index is 11.8. The van der Waals surface area contributed by atoms with E-state index in [0.717, 1.165) is 48.5 Å². The molecule has 0 amide bonds. The van der Waals surface area contributed by atoms with E-state index in [0.29, 0.717) is 17.9 Å². The fourth-order valence-electron chi connectivity index (χ4n) is 9.13. The van der Waals surface area contributed by atoms with Crippen molar-refractivity contribution in [1.29, 1.82) is 0 Å². The van der Waals surface area contributed by atoms with Crippen molar-refractivity contribution < 1.29 is 5.11 Å². The van der Waals surface area contributed by atoms with Crippen LogP contribution in [0.4, 0.5) is 0 Å². The van der Waals surface area contributed by atoms with Crippen LogP contribution in [0, 0.1) is 47.3 Å². The van der Waals surface area contributed by atoms with E-state index in [1.165, 1.54) is 36.9 Å². The third-order valence-electron chi connectivity index (χ3n) is 9.37. The Labute approximate surface area is 143 Å². The van der Waals surface area contributed by atoms with Crippen molar-refractivity contribution in [1.82, 2.24) is 15.1 Å². The smallest absolute Gasteiger partial charge is 0.0838 e. The molecule has 5 saturated carbocycles. The molecule has 0 spiro atoms. The lowest BCUT2D eigenvalue weighted by Gasteiger charge is -2.52. The van der Waals surface area contributed by atoms with Gasteiger partial charge >= 0.3 is 0 Å². The van der Waals surface area contributed by atoms with E-state index in [4.69, 9.17) is 0 Å². The molecule has 0 saturated heterocycles. The molecule has 2 bridgehead atoms. The Hall–Kier alpha value is -0.870. The summed E-state index contributed by atoms with van der Waals surface area (Å²) >= 11 is 0. The topological polar surface area (TPSA) is 50.1 Å². The molecule has 4 heteroatoms. The molecule has 10 atom stereocenters. The van der Waals surface area contributed by atoms with Crippen LogP contribution < -0.4 is 5.32 Å². The first-order valence-corrected chi connectivity index (χ1v) is 10.1. The zero-order valence-electron chi connectivity index (χ0n) is 14.4. The predicted molar refractivity (Wildman–Crippen MR) is 89.0 cm³/mol. The van der Waals surface area contributed by atoms with Crippen LogP contribution in [-0.4, -0.2) is 27.0 Å². The molecule has 0 radical (unpaired) electrons. The van der Waals surface area contributed by atoms with Gasteiger partial charge < -0.3 is 10.4 Å². The van der Waals surface area contributed by atoms with Crippen molar-refractivity contribution >= 4 is 0 Å². The number of aromatic nitrogens is 2. The maximum Gasteiger partial charge on any atom is 0.0838 e. The molecular formula is C20H27N3O. The number of aryl methyl sites for hydroxylation is 2. The Morgan fingerprint density at radius 2 is 2.04 bits per heavy atom. The largest absolute Gasteiger partial charge is 0.388 e. The molecule has 0 aliphatic heterocycles. The monoisotopic (exact) mass is 325 g/mol. The summed E-state index contributed by atoms with van der Waals surface area (Å²) in [6.45, 7) is 0.820. The highest BCUT2D eigenvalue weighted by atomic mass is 16.3. The normalized spacial score (nSPS) is 57.7. The van der Waals surface area contributed by atoms with Crippen molar-refractivity contribution in [2.45, 2.75) is 43.7 Å². The fourth-order valence-corrected chi connectivity index (χ4v) is 9.13. The van der Waals surface area contributed by atoms with Gasteiger partial charge in [0.25, 0.3) is 0 Å². The summed E-state index contributed by atoms with van der Waals surface area (Å²) in [5.74, 6) is 6.79. The predicted octanol–water partition coefficient (Wildman–Crippen LogP) is 1.90. The zero-order valence-corrected chi connectivity index (χ0v) is 14.4. The van der Waals surface area contributed by atoms with Crippen LogP contribution >= 0.6 is 0 Å². The first-order valence-electron chi connectivity index (χ1n) is 10.1. The van der Waals surface area contributed by atoms with Gasteiger partial charge in [-0.2, -0.15) is 5.10 Å². The van der Waals surface area contributed by atoms with E-state index in [9.17, 15) is 5.11 Å². The number of nitrogens with one attached hydrogen (secondary N) is 1. The van der Waals surface area contributed by atoms with E-state index in [2.05, 4.69) is 16.6 Å². The molecule has 1 aromatic rings. The first-order chi connectivity index (χ1) is 11.7. The Bertz CT molecular complexity index is 737. The van der Waals surface area contributed by atoms with Crippen molar-refractivity contribution in [2.24, 2.45) is 54.4 Å². The van der Waals surface area contributed by atoms with Crippen LogP contribution in [0.1, 0.15) is 43.0 Å². The van der Waals surface area contributed by atoms with Crippen LogP contribution in [0.3, 0.4) is 0 Å². The number of hydrogen-bond donors (Lipinski definition) is 2. The van der Waals surface area contributed by atoms with Gasteiger partial charge in [-0.25, -0.2) is 0 Å². The molecule has 1 aromatic heterocycles. The zero-order chi connectivity index (χ0) is 15.8. The second-order valence-corrected chi connectivity index (χ2v) is 9.85. The highest BCUT2D eigenvalue weighted by Crippen LogP contribution is 2.85. The molecule has 0 aromatic carbocycles. The van der Waals surface area contributed by atoms with Crippen molar-refractivity contribution in [2.75, 3.05) is 6.54 Å². The van der Waals surface area contributed by atoms with Crippen LogP contribution in [0.5, 0.6) is 0 Å². The van der Waals surface area contributed by atoms with E-state index < -0.39 is 5.60 Å². The minimum absolute atomic E-state index is 0.397.